The Kier molecular flexibility index (Phi) is 7.25. The molecule has 1 N–H and O–H groups in total. The Morgan fingerprint density at radius 3 is 2.23 bits per heavy atom. The first-order valence-corrected chi connectivity index (χ1v) is 14.3. The number of nitrogens with zero attached hydrogens (tertiary/aromatic N) is 3. The van der Waals surface area contributed by atoms with Crippen LogP contribution in [0.1, 0.15) is 42.9 Å². The fraction of sp³-hybridized carbons (Fsp3) is 0.423. The van der Waals surface area contributed by atoms with Crippen molar-refractivity contribution >= 4 is 38.6 Å². The maximum absolute atomic E-state index is 13.7. The minimum absolute atomic E-state index is 0.0446. The van der Waals surface area contributed by atoms with Gasteiger partial charge in [-0.05, 0) is 54.2 Å². The van der Waals surface area contributed by atoms with E-state index in [0.717, 1.165) is 10.6 Å². The molecule has 6 nitrogen and oxygen atoms in total. The summed E-state index contributed by atoms with van der Waals surface area (Å²) in [6.45, 7) is 0.437. The largest absolute Gasteiger partial charge is 0.431 e. The van der Waals surface area contributed by atoms with Gasteiger partial charge in [-0.25, -0.2) is 8.42 Å². The molecule has 1 saturated carbocycles. The summed E-state index contributed by atoms with van der Waals surface area (Å²) < 4.78 is 109. The predicted octanol–water partition coefficient (Wildman–Crippen LogP) is 6.08. The van der Waals surface area contributed by atoms with E-state index in [0.29, 0.717) is 30.4 Å². The molecule has 2 aromatic rings. The van der Waals surface area contributed by atoms with Crippen LogP contribution in [0.3, 0.4) is 0 Å². The van der Waals surface area contributed by atoms with Crippen LogP contribution in [0.15, 0.2) is 59.7 Å². The van der Waals surface area contributed by atoms with E-state index in [4.69, 9.17) is 11.6 Å². The minimum atomic E-state index is -6.08. The zero-order chi connectivity index (χ0) is 29.1. The van der Waals surface area contributed by atoms with Gasteiger partial charge in [-0.2, -0.15) is 35.7 Å². The first kappa shape index (κ1) is 28.9. The van der Waals surface area contributed by atoms with Gasteiger partial charge in [-0.1, -0.05) is 48.0 Å². The molecule has 0 saturated heterocycles. The van der Waals surface area contributed by atoms with Gasteiger partial charge >= 0.3 is 12.4 Å². The van der Waals surface area contributed by atoms with Crippen molar-refractivity contribution in [2.45, 2.75) is 54.9 Å². The fourth-order valence-corrected chi connectivity index (χ4v) is 7.01. The number of aliphatic hydroxyl groups is 1. The molecular weight excluding hydrogens is 584 g/mol. The van der Waals surface area contributed by atoms with Gasteiger partial charge < -0.3 is 5.11 Å². The molecule has 1 aliphatic carbocycles. The minimum Gasteiger partial charge on any atom is -0.369 e. The Morgan fingerprint density at radius 1 is 0.975 bits per heavy atom. The molecule has 0 amide bonds. The highest BCUT2D eigenvalue weighted by Crippen LogP contribution is 2.49. The standard InChI is InChI=1S/C26H24ClF6N3O3S/c27-20-6-1-2-7-21(20)36-22(15-23(34-36)24(37,25(28,29)30)26(31,32)33)18-5-3-4-17(14-18)16-10-12-35(13-11-16)40(38,39)19-8-9-19/h1-7,10,14,19,22,37H,8-9,11-13,15H2. The Balaban J connectivity index is 1.50. The summed E-state index contributed by atoms with van der Waals surface area (Å²) in [6, 6.07) is 11.3. The zero-order valence-corrected chi connectivity index (χ0v) is 22.3. The van der Waals surface area contributed by atoms with E-state index in [1.807, 2.05) is 0 Å². The Hall–Kier alpha value is -2.61. The van der Waals surface area contributed by atoms with Gasteiger partial charge in [-0.3, -0.25) is 5.01 Å². The van der Waals surface area contributed by atoms with Crippen molar-refractivity contribution in [3.8, 4) is 0 Å². The Morgan fingerprint density at radius 2 is 1.65 bits per heavy atom. The van der Waals surface area contributed by atoms with Crippen molar-refractivity contribution < 1.29 is 39.9 Å². The smallest absolute Gasteiger partial charge is 0.369 e. The first-order chi connectivity index (χ1) is 18.6. The molecule has 2 heterocycles. The van der Waals surface area contributed by atoms with Gasteiger partial charge in [0.25, 0.3) is 5.60 Å². The van der Waals surface area contributed by atoms with Gasteiger partial charge in [0.05, 0.1) is 27.7 Å². The number of hydrazone groups is 1. The van der Waals surface area contributed by atoms with Gasteiger partial charge in [-0.15, -0.1) is 0 Å². The highest BCUT2D eigenvalue weighted by molar-refractivity contribution is 7.90. The molecule has 0 aromatic heterocycles. The summed E-state index contributed by atoms with van der Waals surface area (Å²) in [5.41, 5.74) is -4.80. The molecule has 0 radical (unpaired) electrons. The molecule has 216 valence electrons. The third-order valence-corrected chi connectivity index (χ3v) is 10.1. The van der Waals surface area contributed by atoms with E-state index in [9.17, 15) is 39.9 Å². The number of alkyl halides is 6. The highest BCUT2D eigenvalue weighted by Gasteiger charge is 2.74. The van der Waals surface area contributed by atoms with Gasteiger partial charge in [0.15, 0.2) is 0 Å². The van der Waals surface area contributed by atoms with E-state index in [1.165, 1.54) is 22.5 Å². The van der Waals surface area contributed by atoms with Crippen molar-refractivity contribution in [1.82, 2.24) is 4.31 Å². The van der Waals surface area contributed by atoms with Crippen molar-refractivity contribution in [3.05, 3.63) is 70.8 Å². The molecule has 40 heavy (non-hydrogen) atoms. The van der Waals surface area contributed by atoms with Crippen LogP contribution in [-0.4, -0.2) is 59.8 Å². The summed E-state index contributed by atoms with van der Waals surface area (Å²) in [5, 5.41) is 14.4. The number of anilines is 1. The Bertz CT molecular complexity index is 1460. The molecular formula is C26H24ClF6N3O3S. The second-order valence-electron chi connectivity index (χ2n) is 9.98. The molecule has 5 rings (SSSR count). The predicted molar refractivity (Wildman–Crippen MR) is 138 cm³/mol. The van der Waals surface area contributed by atoms with E-state index >= 15 is 0 Å². The first-order valence-electron chi connectivity index (χ1n) is 12.4. The number of sulfonamides is 1. The fourth-order valence-electron chi connectivity index (χ4n) is 5.00. The molecule has 2 aliphatic heterocycles. The van der Waals surface area contributed by atoms with Crippen molar-refractivity contribution in [3.63, 3.8) is 0 Å². The molecule has 1 fully saturated rings. The van der Waals surface area contributed by atoms with E-state index < -0.39 is 46.2 Å². The third kappa shape index (κ3) is 5.01. The average molecular weight is 608 g/mol. The number of para-hydroxylation sites is 1. The van der Waals surface area contributed by atoms with Crippen LogP contribution < -0.4 is 5.01 Å². The average Bonchev–Trinajstić information content (AvgIpc) is 3.67. The molecule has 0 spiro atoms. The summed E-state index contributed by atoms with van der Waals surface area (Å²) in [4.78, 5) is 0. The molecule has 3 aliphatic rings. The lowest BCUT2D eigenvalue weighted by Gasteiger charge is -2.32. The lowest BCUT2D eigenvalue weighted by molar-refractivity contribution is -0.338. The number of hydrogen-bond acceptors (Lipinski definition) is 5. The molecule has 0 bridgehead atoms. The van der Waals surface area contributed by atoms with Crippen LogP contribution in [0.25, 0.3) is 5.57 Å². The number of benzene rings is 2. The van der Waals surface area contributed by atoms with Crippen LogP contribution in [0.2, 0.25) is 5.02 Å². The normalized spacial score (nSPS) is 21.4. The third-order valence-electron chi connectivity index (χ3n) is 7.37. The number of hydrogen-bond donors (Lipinski definition) is 1. The summed E-state index contributed by atoms with van der Waals surface area (Å²) >= 11 is 6.25. The maximum Gasteiger partial charge on any atom is 0.431 e. The quantitative estimate of drug-likeness (QED) is 0.404. The molecule has 1 atom stereocenters. The van der Waals surface area contributed by atoms with Crippen LogP contribution in [0.5, 0.6) is 0 Å². The van der Waals surface area contributed by atoms with Crippen molar-refractivity contribution in [2.75, 3.05) is 18.1 Å². The topological polar surface area (TPSA) is 73.2 Å². The van der Waals surface area contributed by atoms with Crippen molar-refractivity contribution in [1.29, 1.82) is 0 Å². The summed E-state index contributed by atoms with van der Waals surface area (Å²) in [6.07, 6.45) is -9.60. The summed E-state index contributed by atoms with van der Waals surface area (Å²) in [7, 11) is -3.36. The maximum atomic E-state index is 13.7. The van der Waals surface area contributed by atoms with E-state index in [1.54, 1.807) is 36.4 Å². The monoisotopic (exact) mass is 607 g/mol. The van der Waals surface area contributed by atoms with E-state index in [-0.39, 0.29) is 29.0 Å². The van der Waals surface area contributed by atoms with Crippen LogP contribution in [-0.2, 0) is 10.0 Å². The van der Waals surface area contributed by atoms with Crippen molar-refractivity contribution in [2.24, 2.45) is 5.10 Å². The van der Waals surface area contributed by atoms with Crippen LogP contribution >= 0.6 is 11.6 Å². The SMILES string of the molecule is O=S(=O)(C1CC1)N1CC=C(c2cccc(C3CC(C(O)(C(F)(F)F)C(F)(F)F)=NN3c3ccccc3Cl)c2)CC1. The Labute approximate surface area is 231 Å². The molecule has 2 aromatic carbocycles. The second kappa shape index (κ2) is 10.0. The van der Waals surface area contributed by atoms with E-state index in [2.05, 4.69) is 5.10 Å². The van der Waals surface area contributed by atoms with Gasteiger partial charge in [0, 0.05) is 19.5 Å². The van der Waals surface area contributed by atoms with Gasteiger partial charge in [0.2, 0.25) is 10.0 Å². The lowest BCUT2D eigenvalue weighted by Crippen LogP contribution is -2.62. The zero-order valence-electron chi connectivity index (χ0n) is 20.8. The molecule has 1 unspecified atom stereocenters. The van der Waals surface area contributed by atoms with Gasteiger partial charge in [0.1, 0.15) is 0 Å². The highest BCUT2D eigenvalue weighted by atomic mass is 35.5. The lowest BCUT2D eigenvalue weighted by atomic mass is 9.88. The van der Waals surface area contributed by atoms with Crippen LogP contribution in [0, 0.1) is 0 Å². The second-order valence-corrected chi connectivity index (χ2v) is 12.6. The number of halogens is 7. The number of rotatable bonds is 6. The summed E-state index contributed by atoms with van der Waals surface area (Å²) in [5.74, 6) is 0. The van der Waals surface area contributed by atoms with Crippen LogP contribution in [0.4, 0.5) is 32.0 Å². The molecule has 14 heteroatoms.